The standard InChI is InChI=1S/C28H38N4O3/c1-22(2)29-17-19-30(20-18-29)24-13-15-31(16-14-24)27(33)21-32(25-7-5-4-6-8-25)28(34)23-9-11-26(35-3)12-10-23/h4-12,22,24H,13-21H2,1-3H3. The lowest BCUT2D eigenvalue weighted by Gasteiger charge is -2.44. The van der Waals surface area contributed by atoms with Gasteiger partial charge in [-0.3, -0.25) is 24.3 Å². The maximum atomic E-state index is 13.4. The van der Waals surface area contributed by atoms with Gasteiger partial charge >= 0.3 is 0 Å². The molecule has 0 unspecified atom stereocenters. The number of hydrogen-bond acceptors (Lipinski definition) is 5. The van der Waals surface area contributed by atoms with Gasteiger partial charge in [0.1, 0.15) is 12.3 Å². The minimum absolute atomic E-state index is 0.00112. The Morgan fingerprint density at radius 1 is 0.914 bits per heavy atom. The first kappa shape index (κ1) is 25.2. The second kappa shape index (κ2) is 11.7. The van der Waals surface area contributed by atoms with Crippen LogP contribution in [0.15, 0.2) is 54.6 Å². The number of carbonyl (C=O) groups excluding carboxylic acids is 2. The summed E-state index contributed by atoms with van der Waals surface area (Å²) in [4.78, 5) is 35.4. The molecule has 2 aromatic carbocycles. The molecule has 35 heavy (non-hydrogen) atoms. The number of likely N-dealkylation sites (tertiary alicyclic amines) is 1. The summed E-state index contributed by atoms with van der Waals surface area (Å²) < 4.78 is 5.21. The first-order valence-electron chi connectivity index (χ1n) is 12.7. The SMILES string of the molecule is COc1ccc(C(=O)N(CC(=O)N2CCC(N3CCN(C(C)C)CC3)CC2)c2ccccc2)cc1. The van der Waals surface area contributed by atoms with Gasteiger partial charge in [0.15, 0.2) is 0 Å². The zero-order chi connectivity index (χ0) is 24.8. The summed E-state index contributed by atoms with van der Waals surface area (Å²) in [5, 5.41) is 0. The highest BCUT2D eigenvalue weighted by Gasteiger charge is 2.31. The Labute approximate surface area is 209 Å². The summed E-state index contributed by atoms with van der Waals surface area (Å²) in [7, 11) is 1.60. The van der Waals surface area contributed by atoms with E-state index in [1.54, 1.807) is 36.3 Å². The van der Waals surface area contributed by atoms with Gasteiger partial charge in [-0.15, -0.1) is 0 Å². The highest BCUT2D eigenvalue weighted by atomic mass is 16.5. The molecule has 2 saturated heterocycles. The molecule has 2 aromatic rings. The van der Waals surface area contributed by atoms with Crippen molar-refractivity contribution in [2.75, 3.05) is 57.8 Å². The third kappa shape index (κ3) is 6.21. The van der Waals surface area contributed by atoms with Crippen molar-refractivity contribution >= 4 is 17.5 Å². The van der Waals surface area contributed by atoms with Gasteiger partial charge in [0.25, 0.3) is 5.91 Å². The summed E-state index contributed by atoms with van der Waals surface area (Å²) in [6.45, 7) is 10.5. The normalized spacial score (nSPS) is 18.0. The lowest BCUT2D eigenvalue weighted by Crippen LogP contribution is -2.55. The number of para-hydroxylation sites is 1. The van der Waals surface area contributed by atoms with Gasteiger partial charge in [0, 0.05) is 62.6 Å². The number of carbonyl (C=O) groups is 2. The maximum Gasteiger partial charge on any atom is 0.258 e. The van der Waals surface area contributed by atoms with E-state index in [4.69, 9.17) is 4.74 Å². The van der Waals surface area contributed by atoms with E-state index in [0.717, 1.165) is 57.8 Å². The highest BCUT2D eigenvalue weighted by Crippen LogP contribution is 2.22. The van der Waals surface area contributed by atoms with Crippen molar-refractivity contribution in [1.82, 2.24) is 14.7 Å². The number of piperazine rings is 1. The Morgan fingerprint density at radius 2 is 1.54 bits per heavy atom. The number of benzene rings is 2. The molecule has 2 amide bonds. The van der Waals surface area contributed by atoms with Crippen LogP contribution < -0.4 is 9.64 Å². The Bertz CT molecular complexity index is 963. The van der Waals surface area contributed by atoms with E-state index >= 15 is 0 Å². The Morgan fingerprint density at radius 3 is 2.11 bits per heavy atom. The fraction of sp³-hybridized carbons (Fsp3) is 0.500. The van der Waals surface area contributed by atoms with Gasteiger partial charge in [-0.1, -0.05) is 18.2 Å². The molecule has 0 bridgehead atoms. The first-order chi connectivity index (χ1) is 17.0. The lowest BCUT2D eigenvalue weighted by molar-refractivity contribution is -0.131. The fourth-order valence-electron chi connectivity index (χ4n) is 5.11. The molecule has 0 aliphatic carbocycles. The van der Waals surface area contributed by atoms with Crippen LogP contribution in [0.4, 0.5) is 5.69 Å². The summed E-state index contributed by atoms with van der Waals surface area (Å²) in [5.41, 5.74) is 1.25. The zero-order valence-electron chi connectivity index (χ0n) is 21.2. The second-order valence-electron chi connectivity index (χ2n) is 9.73. The number of piperidine rings is 1. The Balaban J connectivity index is 1.37. The Hall–Kier alpha value is -2.90. The van der Waals surface area contributed by atoms with Crippen LogP contribution in [-0.4, -0.2) is 91.5 Å². The summed E-state index contributed by atoms with van der Waals surface area (Å²) >= 11 is 0. The predicted molar refractivity (Wildman–Crippen MR) is 139 cm³/mol. The molecule has 7 heteroatoms. The van der Waals surface area contributed by atoms with Crippen molar-refractivity contribution in [3.8, 4) is 5.75 Å². The van der Waals surface area contributed by atoms with Gasteiger partial charge < -0.3 is 9.64 Å². The zero-order valence-corrected chi connectivity index (χ0v) is 21.2. The van der Waals surface area contributed by atoms with Crippen LogP contribution in [0.1, 0.15) is 37.0 Å². The molecule has 2 aliphatic rings. The van der Waals surface area contributed by atoms with Crippen molar-refractivity contribution in [2.24, 2.45) is 0 Å². The van der Waals surface area contributed by atoms with Crippen LogP contribution in [0.5, 0.6) is 5.75 Å². The van der Waals surface area contributed by atoms with E-state index < -0.39 is 0 Å². The van der Waals surface area contributed by atoms with Crippen LogP contribution in [0.25, 0.3) is 0 Å². The number of ether oxygens (including phenoxy) is 1. The van der Waals surface area contributed by atoms with Crippen LogP contribution in [0.2, 0.25) is 0 Å². The summed E-state index contributed by atoms with van der Waals surface area (Å²) in [6, 6.07) is 17.6. The Kier molecular flexibility index (Phi) is 8.42. The van der Waals surface area contributed by atoms with E-state index in [-0.39, 0.29) is 18.4 Å². The maximum absolute atomic E-state index is 13.4. The molecule has 2 aliphatic heterocycles. The molecule has 0 N–H and O–H groups in total. The van der Waals surface area contributed by atoms with Crippen molar-refractivity contribution in [2.45, 2.75) is 38.8 Å². The van der Waals surface area contributed by atoms with E-state index in [1.165, 1.54) is 0 Å². The molecule has 2 heterocycles. The third-order valence-corrected chi connectivity index (χ3v) is 7.36. The van der Waals surface area contributed by atoms with Gasteiger partial charge in [0.05, 0.1) is 7.11 Å². The minimum Gasteiger partial charge on any atom is -0.497 e. The van der Waals surface area contributed by atoms with Crippen LogP contribution in [0.3, 0.4) is 0 Å². The van der Waals surface area contributed by atoms with E-state index in [0.29, 0.717) is 23.4 Å². The molecule has 0 radical (unpaired) electrons. The number of hydrogen-bond donors (Lipinski definition) is 0. The molecule has 0 spiro atoms. The van der Waals surface area contributed by atoms with Gasteiger partial charge in [-0.05, 0) is 63.1 Å². The number of anilines is 1. The smallest absolute Gasteiger partial charge is 0.258 e. The molecule has 4 rings (SSSR count). The average molecular weight is 479 g/mol. The molecule has 188 valence electrons. The number of nitrogens with zero attached hydrogens (tertiary/aromatic N) is 4. The van der Waals surface area contributed by atoms with Gasteiger partial charge in [-0.25, -0.2) is 0 Å². The molecule has 2 fully saturated rings. The van der Waals surface area contributed by atoms with Crippen molar-refractivity contribution < 1.29 is 14.3 Å². The second-order valence-corrected chi connectivity index (χ2v) is 9.73. The third-order valence-electron chi connectivity index (χ3n) is 7.36. The van der Waals surface area contributed by atoms with E-state index in [9.17, 15) is 9.59 Å². The van der Waals surface area contributed by atoms with Crippen LogP contribution in [-0.2, 0) is 4.79 Å². The molecular formula is C28H38N4O3. The molecule has 7 nitrogen and oxygen atoms in total. The van der Waals surface area contributed by atoms with Crippen molar-refractivity contribution in [3.63, 3.8) is 0 Å². The van der Waals surface area contributed by atoms with Gasteiger partial charge in [-0.2, -0.15) is 0 Å². The van der Waals surface area contributed by atoms with Gasteiger partial charge in [0.2, 0.25) is 5.91 Å². The fourth-order valence-corrected chi connectivity index (χ4v) is 5.11. The van der Waals surface area contributed by atoms with Crippen molar-refractivity contribution in [1.29, 1.82) is 0 Å². The quantitative estimate of drug-likeness (QED) is 0.611. The predicted octanol–water partition coefficient (Wildman–Crippen LogP) is 3.36. The topological polar surface area (TPSA) is 56.3 Å². The lowest BCUT2D eigenvalue weighted by atomic mass is 10.0. The molecule has 0 atom stereocenters. The van der Waals surface area contributed by atoms with Crippen molar-refractivity contribution in [3.05, 3.63) is 60.2 Å². The van der Waals surface area contributed by atoms with E-state index in [1.807, 2.05) is 35.2 Å². The molecular weight excluding hydrogens is 440 g/mol. The number of amides is 2. The number of methoxy groups -OCH3 is 1. The molecule has 0 aromatic heterocycles. The van der Waals surface area contributed by atoms with Crippen LogP contribution >= 0.6 is 0 Å². The average Bonchev–Trinajstić information content (AvgIpc) is 2.92. The van der Waals surface area contributed by atoms with Crippen LogP contribution in [0, 0.1) is 0 Å². The number of rotatable bonds is 7. The highest BCUT2D eigenvalue weighted by molar-refractivity contribution is 6.08. The minimum atomic E-state index is -0.190. The molecule has 0 saturated carbocycles. The monoisotopic (exact) mass is 478 g/mol. The summed E-state index contributed by atoms with van der Waals surface area (Å²) in [5.74, 6) is 0.501. The van der Waals surface area contributed by atoms with E-state index in [2.05, 4.69) is 23.6 Å². The first-order valence-corrected chi connectivity index (χ1v) is 12.7. The summed E-state index contributed by atoms with van der Waals surface area (Å²) in [6.07, 6.45) is 1.98. The largest absolute Gasteiger partial charge is 0.497 e.